The van der Waals surface area contributed by atoms with Gasteiger partial charge in [0.15, 0.2) is 4.34 Å². The number of nitrogens with zero attached hydrogens (tertiary/aromatic N) is 3. The van der Waals surface area contributed by atoms with Crippen molar-refractivity contribution >= 4 is 34.2 Å². The molecule has 1 rings (SSSR count). The molecule has 0 saturated heterocycles. The van der Waals surface area contributed by atoms with Gasteiger partial charge in [0, 0.05) is 26.3 Å². The minimum absolute atomic E-state index is 0.160. The van der Waals surface area contributed by atoms with Gasteiger partial charge in [-0.15, -0.1) is 10.2 Å². The van der Waals surface area contributed by atoms with Crippen molar-refractivity contribution in [1.82, 2.24) is 10.2 Å². The molecule has 0 N–H and O–H groups in total. The lowest BCUT2D eigenvalue weighted by atomic mass is 10.3. The average Bonchev–Trinajstić information content (AvgIpc) is 2.72. The molecule has 0 spiro atoms. The predicted octanol–water partition coefficient (Wildman–Crippen LogP) is 1.65. The first kappa shape index (κ1) is 13.2. The van der Waals surface area contributed by atoms with Crippen LogP contribution in [0.2, 0.25) is 0 Å². The van der Waals surface area contributed by atoms with E-state index in [0.717, 1.165) is 21.6 Å². The second-order valence-corrected chi connectivity index (χ2v) is 5.57. The van der Waals surface area contributed by atoms with Crippen LogP contribution in [0.15, 0.2) is 4.34 Å². The summed E-state index contributed by atoms with van der Waals surface area (Å²) in [6.07, 6.45) is 1.26. The Balaban J connectivity index is 2.24. The Labute approximate surface area is 103 Å². The Morgan fingerprint density at radius 2 is 2.25 bits per heavy atom. The summed E-state index contributed by atoms with van der Waals surface area (Å²) >= 11 is 3.18. The zero-order chi connectivity index (χ0) is 12.0. The van der Waals surface area contributed by atoms with Crippen LogP contribution in [0, 0.1) is 0 Å². The lowest BCUT2D eigenvalue weighted by Crippen LogP contribution is -2.07. The zero-order valence-electron chi connectivity index (χ0n) is 9.60. The van der Waals surface area contributed by atoms with Gasteiger partial charge in [-0.3, -0.25) is 4.79 Å². The summed E-state index contributed by atoms with van der Waals surface area (Å²) in [6, 6.07) is 0. The molecule has 0 aliphatic rings. The van der Waals surface area contributed by atoms with Crippen LogP contribution in [0.1, 0.15) is 12.8 Å². The Bertz CT molecular complexity index is 341. The molecule has 0 aliphatic heterocycles. The van der Waals surface area contributed by atoms with Gasteiger partial charge in [-0.05, 0) is 6.42 Å². The number of methoxy groups -OCH3 is 1. The molecular weight excluding hydrogens is 246 g/mol. The van der Waals surface area contributed by atoms with E-state index in [2.05, 4.69) is 14.9 Å². The van der Waals surface area contributed by atoms with Crippen molar-refractivity contribution in [2.75, 3.05) is 31.9 Å². The molecule has 16 heavy (non-hydrogen) atoms. The van der Waals surface area contributed by atoms with Crippen molar-refractivity contribution < 1.29 is 9.53 Å². The van der Waals surface area contributed by atoms with E-state index in [1.54, 1.807) is 23.1 Å². The summed E-state index contributed by atoms with van der Waals surface area (Å²) in [5, 5.41) is 8.97. The fourth-order valence-electron chi connectivity index (χ4n) is 0.920. The highest BCUT2D eigenvalue weighted by Crippen LogP contribution is 2.27. The van der Waals surface area contributed by atoms with Gasteiger partial charge in [-0.25, -0.2) is 0 Å². The fraction of sp³-hybridized carbons (Fsp3) is 0.667. The molecule has 0 aliphatic carbocycles. The third-order valence-electron chi connectivity index (χ3n) is 1.76. The summed E-state index contributed by atoms with van der Waals surface area (Å²) in [5.41, 5.74) is 0. The van der Waals surface area contributed by atoms with E-state index in [4.69, 9.17) is 0 Å². The van der Waals surface area contributed by atoms with Gasteiger partial charge in [0.2, 0.25) is 5.13 Å². The molecular formula is C9H15N3O2S2. The maximum absolute atomic E-state index is 10.9. The summed E-state index contributed by atoms with van der Waals surface area (Å²) < 4.78 is 5.50. The van der Waals surface area contributed by atoms with Gasteiger partial charge in [0.05, 0.1) is 7.11 Å². The first-order chi connectivity index (χ1) is 7.63. The highest BCUT2D eigenvalue weighted by molar-refractivity contribution is 8.01. The van der Waals surface area contributed by atoms with Crippen molar-refractivity contribution in [2.45, 2.75) is 17.2 Å². The molecule has 90 valence electrons. The number of hydrogen-bond donors (Lipinski definition) is 0. The van der Waals surface area contributed by atoms with Crippen molar-refractivity contribution in [3.63, 3.8) is 0 Å². The Morgan fingerprint density at radius 1 is 1.50 bits per heavy atom. The molecule has 1 aromatic rings. The van der Waals surface area contributed by atoms with Crippen LogP contribution in [0.4, 0.5) is 5.13 Å². The topological polar surface area (TPSA) is 55.3 Å². The van der Waals surface area contributed by atoms with Crippen molar-refractivity contribution in [2.24, 2.45) is 0 Å². The Kier molecular flexibility index (Phi) is 5.54. The molecule has 0 fully saturated rings. The van der Waals surface area contributed by atoms with Gasteiger partial charge < -0.3 is 9.64 Å². The van der Waals surface area contributed by atoms with E-state index in [1.807, 2.05) is 19.0 Å². The average molecular weight is 261 g/mol. The SMILES string of the molecule is COC(=O)CCCSc1nnc(N(C)C)s1. The van der Waals surface area contributed by atoms with E-state index in [-0.39, 0.29) is 5.97 Å². The molecule has 0 radical (unpaired) electrons. The molecule has 0 amide bonds. The van der Waals surface area contributed by atoms with Gasteiger partial charge in [0.25, 0.3) is 0 Å². The van der Waals surface area contributed by atoms with Gasteiger partial charge in [-0.1, -0.05) is 23.1 Å². The highest BCUT2D eigenvalue weighted by atomic mass is 32.2. The number of ether oxygens (including phenoxy) is 1. The monoisotopic (exact) mass is 261 g/mol. The molecule has 0 aromatic carbocycles. The van der Waals surface area contributed by atoms with Crippen LogP contribution in [-0.4, -0.2) is 43.1 Å². The minimum atomic E-state index is -0.160. The van der Waals surface area contributed by atoms with Gasteiger partial charge in [-0.2, -0.15) is 0 Å². The van der Waals surface area contributed by atoms with Crippen molar-refractivity contribution in [1.29, 1.82) is 0 Å². The van der Waals surface area contributed by atoms with E-state index < -0.39 is 0 Å². The lowest BCUT2D eigenvalue weighted by molar-refractivity contribution is -0.140. The van der Waals surface area contributed by atoms with E-state index in [9.17, 15) is 4.79 Å². The van der Waals surface area contributed by atoms with Crippen LogP contribution in [0.5, 0.6) is 0 Å². The summed E-state index contributed by atoms with van der Waals surface area (Å²) in [6.45, 7) is 0. The number of carbonyl (C=O) groups is 1. The fourth-order valence-corrected chi connectivity index (χ4v) is 2.69. The predicted molar refractivity (Wildman–Crippen MR) is 66.2 cm³/mol. The minimum Gasteiger partial charge on any atom is -0.469 e. The van der Waals surface area contributed by atoms with Crippen LogP contribution >= 0.6 is 23.1 Å². The third kappa shape index (κ3) is 4.36. The summed E-state index contributed by atoms with van der Waals surface area (Å²) in [4.78, 5) is 12.8. The number of carbonyl (C=O) groups excluding carboxylic acids is 1. The maximum Gasteiger partial charge on any atom is 0.305 e. The summed E-state index contributed by atoms with van der Waals surface area (Å²) in [5.74, 6) is 0.698. The first-order valence-electron chi connectivity index (χ1n) is 4.84. The molecule has 0 unspecified atom stereocenters. The molecule has 0 bridgehead atoms. The Hall–Kier alpha value is -0.820. The third-order valence-corrected chi connectivity index (χ3v) is 4.07. The van der Waals surface area contributed by atoms with E-state index >= 15 is 0 Å². The second-order valence-electron chi connectivity index (χ2n) is 3.27. The van der Waals surface area contributed by atoms with Crippen LogP contribution in [0.3, 0.4) is 0 Å². The number of hydrogen-bond acceptors (Lipinski definition) is 7. The smallest absolute Gasteiger partial charge is 0.305 e. The molecule has 0 saturated carbocycles. The van der Waals surface area contributed by atoms with E-state index in [0.29, 0.717) is 6.42 Å². The van der Waals surface area contributed by atoms with Gasteiger partial charge in [0.1, 0.15) is 0 Å². The summed E-state index contributed by atoms with van der Waals surface area (Å²) in [7, 11) is 5.28. The van der Waals surface area contributed by atoms with Crippen molar-refractivity contribution in [3.8, 4) is 0 Å². The van der Waals surface area contributed by atoms with Crippen molar-refractivity contribution in [3.05, 3.63) is 0 Å². The number of aromatic nitrogens is 2. The Morgan fingerprint density at radius 3 is 2.81 bits per heavy atom. The molecule has 1 aromatic heterocycles. The highest BCUT2D eigenvalue weighted by Gasteiger charge is 2.06. The van der Waals surface area contributed by atoms with E-state index in [1.165, 1.54) is 7.11 Å². The molecule has 1 heterocycles. The zero-order valence-corrected chi connectivity index (χ0v) is 11.2. The molecule has 7 heteroatoms. The largest absolute Gasteiger partial charge is 0.469 e. The molecule has 0 atom stereocenters. The number of thioether (sulfide) groups is 1. The standard InChI is InChI=1S/C9H15N3O2S2/c1-12(2)8-10-11-9(16-8)15-6-4-5-7(13)14-3/h4-6H2,1-3H3. The first-order valence-corrected chi connectivity index (χ1v) is 6.64. The maximum atomic E-state index is 10.9. The number of rotatable bonds is 6. The molecule has 5 nitrogen and oxygen atoms in total. The quantitative estimate of drug-likeness (QED) is 0.441. The van der Waals surface area contributed by atoms with Crippen LogP contribution in [0.25, 0.3) is 0 Å². The van der Waals surface area contributed by atoms with Gasteiger partial charge >= 0.3 is 5.97 Å². The number of esters is 1. The lowest BCUT2D eigenvalue weighted by Gasteiger charge is -2.03. The second kappa shape index (κ2) is 6.70. The number of anilines is 1. The van der Waals surface area contributed by atoms with Crippen LogP contribution < -0.4 is 4.90 Å². The van der Waals surface area contributed by atoms with Crippen LogP contribution in [-0.2, 0) is 9.53 Å². The normalized spacial score (nSPS) is 10.2.